The first-order chi connectivity index (χ1) is 37.1. The predicted molar refractivity (Wildman–Crippen MR) is 272 cm³/mol. The molecule has 0 radical (unpaired) electrons. The SMILES string of the molecule is COc1ccc(/C=C/C(=O)OC[C@H]2O[C@@H](O[C@H]3[C@H](O[C@H]4[C@H](O[C@H]5CC[C@]67C[C@]68CC[C@]6(C)[C@H]9[C@H](C)[C@H]%10OC(C)(C)[C@@H](O)[C@@]%10(O)O[C@H]9C[C@@]6(C)[C@@H]8CC[C@H]7C5(C)C)OC[C@@H](O)[C@@H]4O)O[C@H](CO)[C@@H](O)[C@@H]3O)[C@H](O)[C@@H](O)[C@@H]2O)cc1O. The van der Waals surface area contributed by atoms with Crippen LogP contribution in [0.4, 0.5) is 0 Å². The van der Waals surface area contributed by atoms with Crippen LogP contribution >= 0.6 is 0 Å². The number of carbonyl (C=O) groups is 1. The molecular weight excluding hydrogens is 1040 g/mol. The Morgan fingerprint density at radius 3 is 2.13 bits per heavy atom. The fourth-order valence-corrected chi connectivity index (χ4v) is 18.0. The number of ether oxygens (including phenoxy) is 10. The number of aliphatic hydroxyl groups excluding tert-OH is 9. The van der Waals surface area contributed by atoms with Crippen molar-refractivity contribution in [1.29, 1.82) is 0 Å². The van der Waals surface area contributed by atoms with Crippen molar-refractivity contribution in [3.05, 3.63) is 29.8 Å². The minimum atomic E-state index is -1.99. The summed E-state index contributed by atoms with van der Waals surface area (Å²) in [7, 11) is 1.39. The maximum atomic E-state index is 12.7. The molecule has 22 heteroatoms. The van der Waals surface area contributed by atoms with Crippen LogP contribution in [0, 0.1) is 50.7 Å². The van der Waals surface area contributed by atoms with Gasteiger partial charge in [-0.05, 0) is 140 Å². The van der Waals surface area contributed by atoms with Crippen LogP contribution in [0.3, 0.4) is 0 Å². The Bertz CT molecular complexity index is 2460. The van der Waals surface area contributed by atoms with E-state index in [1.54, 1.807) is 19.9 Å². The van der Waals surface area contributed by atoms with Crippen LogP contribution in [-0.2, 0) is 47.4 Å². The molecule has 1 aromatic carbocycles. The summed E-state index contributed by atoms with van der Waals surface area (Å²) >= 11 is 0. The number of hydrogen-bond acceptors (Lipinski definition) is 22. The molecule has 0 amide bonds. The molecule has 27 atom stereocenters. The second kappa shape index (κ2) is 20.2. The molecular formula is C57H84O22. The van der Waals surface area contributed by atoms with E-state index in [0.29, 0.717) is 17.9 Å². The number of aromatic hydroxyl groups is 1. The number of aliphatic hydroxyl groups is 10. The van der Waals surface area contributed by atoms with Crippen molar-refractivity contribution >= 4 is 12.0 Å². The van der Waals surface area contributed by atoms with Crippen LogP contribution in [-0.4, -0.2) is 211 Å². The van der Waals surface area contributed by atoms with Gasteiger partial charge >= 0.3 is 5.97 Å². The molecule has 5 aliphatic heterocycles. The fourth-order valence-electron chi connectivity index (χ4n) is 18.0. The van der Waals surface area contributed by atoms with E-state index in [1.165, 1.54) is 25.3 Å². The van der Waals surface area contributed by atoms with Crippen molar-refractivity contribution in [2.75, 3.05) is 26.9 Å². The zero-order chi connectivity index (χ0) is 56.9. The van der Waals surface area contributed by atoms with Crippen molar-refractivity contribution in [3.63, 3.8) is 0 Å². The molecule has 1 aromatic rings. The molecule has 79 heavy (non-hydrogen) atoms. The van der Waals surface area contributed by atoms with Gasteiger partial charge in [0.05, 0.1) is 38.1 Å². The molecule has 5 aliphatic carbocycles. The molecule has 10 fully saturated rings. The lowest BCUT2D eigenvalue weighted by molar-refractivity contribution is -0.392. The topological polar surface area (TPSA) is 332 Å². The Hall–Kier alpha value is -2.69. The number of phenols is 1. The average molecular weight is 1120 g/mol. The van der Waals surface area contributed by atoms with Crippen LogP contribution in [0.5, 0.6) is 11.5 Å². The molecule has 5 saturated heterocycles. The van der Waals surface area contributed by atoms with Crippen molar-refractivity contribution in [1.82, 2.24) is 0 Å². The van der Waals surface area contributed by atoms with E-state index in [9.17, 15) is 61.0 Å². The van der Waals surface area contributed by atoms with Crippen LogP contribution < -0.4 is 4.74 Å². The van der Waals surface area contributed by atoms with Gasteiger partial charge in [-0.2, -0.15) is 0 Å². The first kappa shape index (κ1) is 58.1. The van der Waals surface area contributed by atoms with Crippen LogP contribution in [0.1, 0.15) is 105 Å². The smallest absolute Gasteiger partial charge is 0.330 e. The number of esters is 1. The zero-order valence-corrected chi connectivity index (χ0v) is 46.3. The van der Waals surface area contributed by atoms with Crippen LogP contribution in [0.25, 0.3) is 6.08 Å². The standard InChI is InChI=1S/C57H84O22/c1-25-37-30(78-57(69)46(25)79-52(4,5)50(57)68)20-54(7)34-13-12-33-51(2,3)35(15-16-55(33)24-56(34,55)18-17-53(37,54)6)75-48-44(38(62)28(60)22-72-48)77-49-45(42(66)39(63)31(21-58)73-49)76-47-43(67)41(65)40(64)32(74-47)23-71-36(61)14-10-26-9-11-29(70-8)27(59)19-26/h9-11,14,19,25,28,30-35,37-50,58-60,62-69H,12-13,15-18,20-24H2,1-8H3/b14-10+/t25-,28+,30-,31+,32+,33-,34-,35-,37-,38-,39+,40+,41-,42-,43+,44+,45+,46+,47-,48-,49-,50+,53+,54-,55+,56-,57-/m0/s1. The van der Waals surface area contributed by atoms with Gasteiger partial charge < -0.3 is 104 Å². The van der Waals surface area contributed by atoms with E-state index in [2.05, 4.69) is 34.6 Å². The number of phenolic OH excluding ortho intramolecular Hbond substituents is 1. The van der Waals surface area contributed by atoms with Crippen molar-refractivity contribution in [3.8, 4) is 11.5 Å². The van der Waals surface area contributed by atoms with Gasteiger partial charge in [0.25, 0.3) is 0 Å². The molecule has 0 aromatic heterocycles. The minimum Gasteiger partial charge on any atom is -0.504 e. The molecule has 10 aliphatic rings. The molecule has 11 rings (SSSR count). The molecule has 0 unspecified atom stereocenters. The Labute approximate surface area is 459 Å². The summed E-state index contributed by atoms with van der Waals surface area (Å²) in [6.07, 6.45) is -16.6. The summed E-state index contributed by atoms with van der Waals surface area (Å²) in [6.45, 7) is 13.3. The van der Waals surface area contributed by atoms with Crippen molar-refractivity contribution < 1.29 is 108 Å². The van der Waals surface area contributed by atoms with E-state index < -0.39 is 140 Å². The molecule has 444 valence electrons. The molecule has 2 spiro atoms. The number of carbonyl (C=O) groups excluding carboxylic acids is 1. The maximum absolute atomic E-state index is 12.7. The Morgan fingerprint density at radius 2 is 1.42 bits per heavy atom. The first-order valence-electron chi connectivity index (χ1n) is 28.4. The van der Waals surface area contributed by atoms with Gasteiger partial charge in [0.15, 0.2) is 30.4 Å². The third-order valence-corrected chi connectivity index (χ3v) is 22.2. The molecule has 11 N–H and O–H groups in total. The van der Waals surface area contributed by atoms with Gasteiger partial charge in [0.1, 0.15) is 86.0 Å². The first-order valence-corrected chi connectivity index (χ1v) is 28.4. The van der Waals surface area contributed by atoms with Gasteiger partial charge in [-0.25, -0.2) is 4.79 Å². The van der Waals surface area contributed by atoms with E-state index in [4.69, 9.17) is 47.4 Å². The number of fused-ring (bicyclic) bond motifs is 5. The molecule has 0 bridgehead atoms. The maximum Gasteiger partial charge on any atom is 0.330 e. The second-order valence-electron chi connectivity index (χ2n) is 26.6. The van der Waals surface area contributed by atoms with E-state index in [0.717, 1.165) is 51.0 Å². The second-order valence-corrected chi connectivity index (χ2v) is 26.6. The van der Waals surface area contributed by atoms with Gasteiger partial charge in [0, 0.05) is 6.08 Å². The van der Waals surface area contributed by atoms with Gasteiger partial charge in [0.2, 0.25) is 5.79 Å². The minimum absolute atomic E-state index is 0.0389. The van der Waals surface area contributed by atoms with Gasteiger partial charge in [-0.15, -0.1) is 0 Å². The highest BCUT2D eigenvalue weighted by atomic mass is 16.8. The number of rotatable bonds is 12. The summed E-state index contributed by atoms with van der Waals surface area (Å²) in [5, 5.41) is 122. The van der Waals surface area contributed by atoms with Crippen molar-refractivity contribution in [2.24, 2.45) is 50.7 Å². The lowest BCUT2D eigenvalue weighted by atomic mass is 9.41. The lowest BCUT2D eigenvalue weighted by Gasteiger charge is -2.63. The average Bonchev–Trinajstić information content (AvgIpc) is 1.64. The summed E-state index contributed by atoms with van der Waals surface area (Å²) < 4.78 is 60.7. The number of methoxy groups -OCH3 is 1. The third-order valence-electron chi connectivity index (χ3n) is 22.2. The summed E-state index contributed by atoms with van der Waals surface area (Å²) in [5.41, 5.74) is -0.986. The summed E-state index contributed by atoms with van der Waals surface area (Å²) in [4.78, 5) is 12.7. The van der Waals surface area contributed by atoms with Gasteiger partial charge in [-0.3, -0.25) is 0 Å². The Kier molecular flexibility index (Phi) is 14.9. The molecule has 22 nitrogen and oxygen atoms in total. The third kappa shape index (κ3) is 8.81. The van der Waals surface area contributed by atoms with E-state index in [-0.39, 0.29) is 63.6 Å². The highest BCUT2D eigenvalue weighted by Crippen LogP contribution is 2.89. The highest BCUT2D eigenvalue weighted by molar-refractivity contribution is 5.87. The summed E-state index contributed by atoms with van der Waals surface area (Å²) in [6, 6.07) is 4.43. The monoisotopic (exact) mass is 1120 g/mol. The zero-order valence-electron chi connectivity index (χ0n) is 46.3. The van der Waals surface area contributed by atoms with E-state index >= 15 is 0 Å². The van der Waals surface area contributed by atoms with Crippen LogP contribution in [0.15, 0.2) is 24.3 Å². The molecule has 5 saturated carbocycles. The van der Waals surface area contributed by atoms with E-state index in [1.807, 2.05) is 0 Å². The Balaban J connectivity index is 0.777. The number of benzene rings is 1. The number of hydrogen-bond donors (Lipinski definition) is 11. The molecule has 5 heterocycles. The van der Waals surface area contributed by atoms with Crippen molar-refractivity contribution in [2.45, 2.75) is 222 Å². The normalized spacial score (nSPS) is 52.2. The Morgan fingerprint density at radius 1 is 0.747 bits per heavy atom. The lowest BCUT2D eigenvalue weighted by Crippen LogP contribution is -2.66. The van der Waals surface area contributed by atoms with Crippen LogP contribution in [0.2, 0.25) is 0 Å². The highest BCUT2D eigenvalue weighted by Gasteiger charge is 2.84. The fraction of sp³-hybridized carbons (Fsp3) is 0.842. The predicted octanol–water partition coefficient (Wildman–Crippen LogP) is 0.748. The quantitative estimate of drug-likeness (QED) is 0.0781. The van der Waals surface area contributed by atoms with Gasteiger partial charge in [-0.1, -0.05) is 40.7 Å². The largest absolute Gasteiger partial charge is 0.504 e. The summed E-state index contributed by atoms with van der Waals surface area (Å²) in [5.74, 6) is -1.85.